The average Bonchev–Trinajstić information content (AvgIpc) is 3.35. The molecule has 0 aliphatic rings. The standard InChI is InChI=1S/C27H21Cl2FN4O4S/c1-13(34(27(35)36)17-4-6-31-7-5-17)14(2)38-20-11-21-25(22(29)23(20)30)33-26(39-21)19-10-16(28)8-15-9-18(37-3)12-32-24(15)19/h4-14H,1-3H3,(H,35,36). The highest BCUT2D eigenvalue weighted by atomic mass is 35.5. The number of benzene rings is 2. The van der Waals surface area contributed by atoms with Crippen LogP contribution in [0.4, 0.5) is 14.9 Å². The first-order valence-corrected chi connectivity index (χ1v) is 13.3. The van der Waals surface area contributed by atoms with E-state index < -0.39 is 24.1 Å². The highest BCUT2D eigenvalue weighted by molar-refractivity contribution is 7.21. The zero-order chi connectivity index (χ0) is 27.8. The van der Waals surface area contributed by atoms with Crippen LogP contribution < -0.4 is 14.4 Å². The van der Waals surface area contributed by atoms with E-state index in [0.717, 1.165) is 10.3 Å². The van der Waals surface area contributed by atoms with Crippen molar-refractivity contribution in [2.45, 2.75) is 26.0 Å². The van der Waals surface area contributed by atoms with Gasteiger partial charge in [0.2, 0.25) is 0 Å². The van der Waals surface area contributed by atoms with Gasteiger partial charge in [-0.1, -0.05) is 23.2 Å². The molecule has 0 saturated heterocycles. The summed E-state index contributed by atoms with van der Waals surface area (Å²) in [4.78, 5) is 26.2. The molecule has 0 aliphatic heterocycles. The molecule has 8 nitrogen and oxygen atoms in total. The van der Waals surface area contributed by atoms with Crippen LogP contribution in [0.2, 0.25) is 10.0 Å². The van der Waals surface area contributed by atoms with Crippen molar-refractivity contribution >= 4 is 67.4 Å². The summed E-state index contributed by atoms with van der Waals surface area (Å²) in [5.74, 6) is -0.314. The Bertz CT molecular complexity index is 1700. The fraction of sp³-hybridized carbons (Fsp3) is 0.185. The molecule has 0 saturated carbocycles. The van der Waals surface area contributed by atoms with Crippen molar-refractivity contribution < 1.29 is 23.8 Å². The fourth-order valence-corrected chi connectivity index (χ4v) is 5.72. The monoisotopic (exact) mass is 586 g/mol. The molecule has 3 heterocycles. The number of aromatic nitrogens is 3. The van der Waals surface area contributed by atoms with Crippen LogP contribution in [0.5, 0.6) is 11.5 Å². The number of hydrogen-bond acceptors (Lipinski definition) is 7. The predicted molar refractivity (Wildman–Crippen MR) is 151 cm³/mol. The van der Waals surface area contributed by atoms with E-state index in [1.807, 2.05) is 6.07 Å². The summed E-state index contributed by atoms with van der Waals surface area (Å²) in [5.41, 5.74) is 2.01. The van der Waals surface area contributed by atoms with E-state index in [2.05, 4.69) is 15.0 Å². The van der Waals surface area contributed by atoms with Crippen LogP contribution in [0, 0.1) is 5.82 Å². The maximum atomic E-state index is 15.4. The third-order valence-corrected chi connectivity index (χ3v) is 7.87. The number of carboxylic acid groups (broad SMARTS) is 1. The minimum absolute atomic E-state index is 0.110. The van der Waals surface area contributed by atoms with Crippen LogP contribution in [0.15, 0.2) is 55.0 Å². The molecule has 0 aliphatic carbocycles. The summed E-state index contributed by atoms with van der Waals surface area (Å²) in [6.45, 7) is 3.34. The lowest BCUT2D eigenvalue weighted by molar-refractivity contribution is 0.167. The second-order valence-corrected chi connectivity index (χ2v) is 10.5. The first-order chi connectivity index (χ1) is 18.7. The van der Waals surface area contributed by atoms with E-state index >= 15 is 4.39 Å². The van der Waals surface area contributed by atoms with Gasteiger partial charge in [-0.3, -0.25) is 14.9 Å². The topological polar surface area (TPSA) is 97.7 Å². The summed E-state index contributed by atoms with van der Waals surface area (Å²) in [7, 11) is 1.55. The molecule has 0 bridgehead atoms. The molecule has 5 aromatic rings. The number of nitrogens with zero attached hydrogens (tertiary/aromatic N) is 4. The van der Waals surface area contributed by atoms with Gasteiger partial charge in [0.15, 0.2) is 11.6 Å². The largest absolute Gasteiger partial charge is 0.495 e. The van der Waals surface area contributed by atoms with Gasteiger partial charge >= 0.3 is 6.09 Å². The second-order valence-electron chi connectivity index (χ2n) is 8.69. The summed E-state index contributed by atoms with van der Waals surface area (Å²) in [5, 5.41) is 11.4. The number of methoxy groups -OCH3 is 1. The highest BCUT2D eigenvalue weighted by Crippen LogP contribution is 2.41. The highest BCUT2D eigenvalue weighted by Gasteiger charge is 2.29. The summed E-state index contributed by atoms with van der Waals surface area (Å²) < 4.78 is 27.2. The van der Waals surface area contributed by atoms with Crippen LogP contribution >= 0.6 is 34.5 Å². The van der Waals surface area contributed by atoms with Crippen molar-refractivity contribution in [2.75, 3.05) is 12.0 Å². The maximum Gasteiger partial charge on any atom is 0.412 e. The lowest BCUT2D eigenvalue weighted by Crippen LogP contribution is -2.46. The molecule has 0 radical (unpaired) electrons. The number of anilines is 1. The zero-order valence-corrected chi connectivity index (χ0v) is 23.2. The van der Waals surface area contributed by atoms with Crippen molar-refractivity contribution in [1.29, 1.82) is 0 Å². The Morgan fingerprint density at radius 3 is 2.56 bits per heavy atom. The number of thiazole rings is 1. The molecule has 2 unspecified atom stereocenters. The first-order valence-electron chi connectivity index (χ1n) is 11.7. The normalized spacial score (nSPS) is 12.9. The summed E-state index contributed by atoms with van der Waals surface area (Å²) in [6.07, 6.45) is 2.67. The van der Waals surface area contributed by atoms with E-state index in [0.29, 0.717) is 37.2 Å². The lowest BCUT2D eigenvalue weighted by atomic mass is 10.1. The molecule has 0 spiro atoms. The van der Waals surface area contributed by atoms with Crippen LogP contribution in [0.3, 0.4) is 0 Å². The Balaban J connectivity index is 1.51. The van der Waals surface area contributed by atoms with Gasteiger partial charge < -0.3 is 14.6 Å². The molecule has 5 rings (SSSR count). The Labute approximate surface area is 236 Å². The number of fused-ring (bicyclic) bond motifs is 2. The molecular formula is C27H21Cl2FN4O4S. The quantitative estimate of drug-likeness (QED) is 0.208. The molecule has 3 aromatic heterocycles. The van der Waals surface area contributed by atoms with E-state index in [1.54, 1.807) is 51.4 Å². The van der Waals surface area contributed by atoms with Gasteiger partial charge in [-0.2, -0.15) is 0 Å². The minimum Gasteiger partial charge on any atom is -0.495 e. The van der Waals surface area contributed by atoms with Crippen molar-refractivity contribution in [2.24, 2.45) is 0 Å². The third kappa shape index (κ3) is 5.15. The number of ether oxygens (including phenoxy) is 2. The fourth-order valence-electron chi connectivity index (χ4n) is 4.18. The number of hydrogen-bond donors (Lipinski definition) is 1. The van der Waals surface area contributed by atoms with E-state index in [4.69, 9.17) is 32.7 Å². The van der Waals surface area contributed by atoms with Crippen molar-refractivity contribution in [1.82, 2.24) is 15.0 Å². The molecule has 12 heteroatoms. The Morgan fingerprint density at radius 2 is 1.87 bits per heavy atom. The lowest BCUT2D eigenvalue weighted by Gasteiger charge is -2.31. The summed E-state index contributed by atoms with van der Waals surface area (Å²) >= 11 is 14.1. The number of pyridine rings is 2. The predicted octanol–water partition coefficient (Wildman–Crippen LogP) is 7.70. The van der Waals surface area contributed by atoms with Crippen molar-refractivity contribution in [3.63, 3.8) is 0 Å². The van der Waals surface area contributed by atoms with Crippen LogP contribution in [0.25, 0.3) is 31.7 Å². The number of rotatable bonds is 7. The average molecular weight is 587 g/mol. The van der Waals surface area contributed by atoms with Crippen LogP contribution in [-0.2, 0) is 0 Å². The summed E-state index contributed by atoms with van der Waals surface area (Å²) in [6, 6.07) is 9.33. The van der Waals surface area contributed by atoms with Crippen molar-refractivity contribution in [3.05, 3.63) is 70.9 Å². The van der Waals surface area contributed by atoms with E-state index in [-0.39, 0.29) is 16.3 Å². The number of amides is 1. The van der Waals surface area contributed by atoms with Crippen LogP contribution in [-0.4, -0.2) is 45.4 Å². The molecule has 2 aromatic carbocycles. The van der Waals surface area contributed by atoms with Gasteiger partial charge in [0.1, 0.15) is 27.4 Å². The molecular weight excluding hydrogens is 566 g/mol. The molecule has 200 valence electrons. The Kier molecular flexibility index (Phi) is 7.44. The van der Waals surface area contributed by atoms with Gasteiger partial charge in [0, 0.05) is 34.4 Å². The number of carbonyl (C=O) groups is 1. The maximum absolute atomic E-state index is 15.4. The second kappa shape index (κ2) is 10.8. The smallest absolute Gasteiger partial charge is 0.412 e. The van der Waals surface area contributed by atoms with Gasteiger partial charge in [-0.25, -0.2) is 14.2 Å². The Hall–Kier alpha value is -3.73. The van der Waals surface area contributed by atoms with Crippen molar-refractivity contribution in [3.8, 4) is 22.1 Å². The van der Waals surface area contributed by atoms with Gasteiger partial charge in [0.05, 0.1) is 35.3 Å². The van der Waals surface area contributed by atoms with Gasteiger partial charge in [0.25, 0.3) is 0 Å². The molecule has 1 amide bonds. The van der Waals surface area contributed by atoms with E-state index in [9.17, 15) is 9.90 Å². The van der Waals surface area contributed by atoms with Gasteiger partial charge in [-0.15, -0.1) is 11.3 Å². The zero-order valence-electron chi connectivity index (χ0n) is 20.9. The Morgan fingerprint density at radius 1 is 1.13 bits per heavy atom. The molecule has 39 heavy (non-hydrogen) atoms. The molecule has 0 fully saturated rings. The van der Waals surface area contributed by atoms with E-state index in [1.165, 1.54) is 29.8 Å². The number of halogens is 3. The van der Waals surface area contributed by atoms with Crippen LogP contribution in [0.1, 0.15) is 13.8 Å². The van der Waals surface area contributed by atoms with Gasteiger partial charge in [-0.05, 0) is 44.2 Å². The SMILES string of the molecule is COc1cnc2c(-c3nc4c(Cl)c(F)c(OC(C)C(C)N(C(=O)O)c5ccncc5)cc4s3)cc(Cl)cc2c1. The molecule has 2 atom stereocenters. The third-order valence-electron chi connectivity index (χ3n) is 6.27. The minimum atomic E-state index is -1.18. The first kappa shape index (κ1) is 26.9. The molecule has 1 N–H and O–H groups in total.